The van der Waals surface area contributed by atoms with Gasteiger partial charge in [-0.3, -0.25) is 9.69 Å². The van der Waals surface area contributed by atoms with Crippen molar-refractivity contribution in [1.29, 1.82) is 0 Å². The Labute approximate surface area is 111 Å². The molecular formula is C15H27NO2. The molecule has 1 atom stereocenters. The van der Waals surface area contributed by atoms with E-state index >= 15 is 0 Å². The second-order valence-corrected chi connectivity index (χ2v) is 6.16. The third kappa shape index (κ3) is 2.87. The molecule has 2 rings (SSSR count). The van der Waals surface area contributed by atoms with Crippen molar-refractivity contribution in [2.75, 3.05) is 13.1 Å². The number of hydrogen-bond acceptors (Lipinski definition) is 2. The first-order chi connectivity index (χ1) is 8.68. The zero-order chi connectivity index (χ0) is 13.0. The van der Waals surface area contributed by atoms with E-state index in [1.54, 1.807) is 0 Å². The number of rotatable bonds is 3. The molecular weight excluding hydrogens is 226 g/mol. The van der Waals surface area contributed by atoms with Crippen molar-refractivity contribution in [3.63, 3.8) is 0 Å². The first-order valence-corrected chi connectivity index (χ1v) is 7.65. The molecule has 3 heteroatoms. The highest BCUT2D eigenvalue weighted by molar-refractivity contribution is 5.75. The minimum atomic E-state index is -0.580. The maximum absolute atomic E-state index is 11.6. The van der Waals surface area contributed by atoms with E-state index in [9.17, 15) is 9.90 Å². The molecule has 0 aromatic rings. The van der Waals surface area contributed by atoms with Gasteiger partial charge in [-0.1, -0.05) is 32.6 Å². The average molecular weight is 253 g/mol. The van der Waals surface area contributed by atoms with Crippen molar-refractivity contribution in [2.24, 2.45) is 5.41 Å². The SMILES string of the molecule is CCC1(C(=O)O)CCCN(C2CCCCCC2)C1. The minimum Gasteiger partial charge on any atom is -0.481 e. The molecule has 1 aliphatic heterocycles. The van der Waals surface area contributed by atoms with Crippen LogP contribution < -0.4 is 0 Å². The third-order valence-electron chi connectivity index (χ3n) is 5.08. The smallest absolute Gasteiger partial charge is 0.310 e. The number of likely N-dealkylation sites (tertiary alicyclic amines) is 1. The molecule has 104 valence electrons. The van der Waals surface area contributed by atoms with E-state index in [0.29, 0.717) is 6.04 Å². The molecule has 0 amide bonds. The van der Waals surface area contributed by atoms with Crippen LogP contribution in [0.4, 0.5) is 0 Å². The lowest BCUT2D eigenvalue weighted by atomic mass is 9.77. The molecule has 18 heavy (non-hydrogen) atoms. The van der Waals surface area contributed by atoms with E-state index in [2.05, 4.69) is 4.90 Å². The largest absolute Gasteiger partial charge is 0.481 e. The highest BCUT2D eigenvalue weighted by Gasteiger charge is 2.42. The van der Waals surface area contributed by atoms with Crippen molar-refractivity contribution < 1.29 is 9.90 Å². The lowest BCUT2D eigenvalue weighted by molar-refractivity contribution is -0.153. The Morgan fingerprint density at radius 1 is 1.22 bits per heavy atom. The Hall–Kier alpha value is -0.570. The van der Waals surface area contributed by atoms with Gasteiger partial charge in [0.15, 0.2) is 0 Å². The zero-order valence-corrected chi connectivity index (χ0v) is 11.7. The van der Waals surface area contributed by atoms with Crippen molar-refractivity contribution in [2.45, 2.75) is 70.8 Å². The van der Waals surface area contributed by atoms with Gasteiger partial charge in [0.1, 0.15) is 0 Å². The number of piperidine rings is 1. The summed E-state index contributed by atoms with van der Waals surface area (Å²) >= 11 is 0. The summed E-state index contributed by atoms with van der Waals surface area (Å²) in [5.74, 6) is -0.580. The molecule has 0 aromatic heterocycles. The lowest BCUT2D eigenvalue weighted by Gasteiger charge is -2.43. The molecule has 0 spiro atoms. The second kappa shape index (κ2) is 6.05. The molecule has 2 aliphatic rings. The zero-order valence-electron chi connectivity index (χ0n) is 11.7. The number of hydrogen-bond donors (Lipinski definition) is 1. The molecule has 1 saturated heterocycles. The van der Waals surface area contributed by atoms with Crippen LogP contribution in [-0.2, 0) is 4.79 Å². The predicted octanol–water partition coefficient (Wildman–Crippen LogP) is 3.29. The summed E-state index contributed by atoms with van der Waals surface area (Å²) in [5, 5.41) is 9.53. The number of carboxylic acid groups (broad SMARTS) is 1. The fourth-order valence-corrected chi connectivity index (χ4v) is 3.72. The van der Waals surface area contributed by atoms with Crippen LogP contribution in [0, 0.1) is 5.41 Å². The monoisotopic (exact) mass is 253 g/mol. The van der Waals surface area contributed by atoms with Gasteiger partial charge in [-0.2, -0.15) is 0 Å². The van der Waals surface area contributed by atoms with Gasteiger partial charge in [-0.15, -0.1) is 0 Å². The lowest BCUT2D eigenvalue weighted by Crippen LogP contribution is -2.51. The van der Waals surface area contributed by atoms with Crippen LogP contribution in [0.15, 0.2) is 0 Å². The first-order valence-electron chi connectivity index (χ1n) is 7.65. The molecule has 3 nitrogen and oxygen atoms in total. The molecule has 0 radical (unpaired) electrons. The van der Waals surface area contributed by atoms with E-state index in [0.717, 1.165) is 32.4 Å². The summed E-state index contributed by atoms with van der Waals surface area (Å²) in [6, 6.07) is 0.651. The fourth-order valence-electron chi connectivity index (χ4n) is 3.72. The van der Waals surface area contributed by atoms with Crippen LogP contribution in [-0.4, -0.2) is 35.1 Å². The summed E-state index contributed by atoms with van der Waals surface area (Å²) < 4.78 is 0. The Bertz CT molecular complexity index is 284. The molecule has 1 saturated carbocycles. The predicted molar refractivity (Wildman–Crippen MR) is 72.7 cm³/mol. The molecule has 1 aliphatic carbocycles. The number of aliphatic carboxylic acids is 1. The van der Waals surface area contributed by atoms with Crippen LogP contribution in [0.2, 0.25) is 0 Å². The maximum Gasteiger partial charge on any atom is 0.310 e. The second-order valence-electron chi connectivity index (χ2n) is 6.16. The molecule has 0 bridgehead atoms. The standard InChI is InChI=1S/C15H27NO2/c1-2-15(14(17)18)10-7-11-16(12-15)13-8-5-3-4-6-9-13/h13H,2-12H2,1H3,(H,17,18). The molecule has 1 unspecified atom stereocenters. The Morgan fingerprint density at radius 2 is 1.89 bits per heavy atom. The molecule has 1 heterocycles. The topological polar surface area (TPSA) is 40.5 Å². The molecule has 2 fully saturated rings. The normalized spacial score (nSPS) is 32.1. The van der Waals surface area contributed by atoms with Gasteiger partial charge in [0.25, 0.3) is 0 Å². The van der Waals surface area contributed by atoms with E-state index in [1.165, 1.54) is 38.5 Å². The van der Waals surface area contributed by atoms with Crippen LogP contribution in [0.1, 0.15) is 64.7 Å². The summed E-state index contributed by atoms with van der Waals surface area (Å²) in [6.07, 6.45) is 10.6. The fraction of sp³-hybridized carbons (Fsp3) is 0.933. The highest BCUT2D eigenvalue weighted by atomic mass is 16.4. The maximum atomic E-state index is 11.6. The Morgan fingerprint density at radius 3 is 2.44 bits per heavy atom. The summed E-state index contributed by atoms with van der Waals surface area (Å²) in [7, 11) is 0. The van der Waals surface area contributed by atoms with E-state index in [4.69, 9.17) is 0 Å². The first kappa shape index (κ1) is 13.9. The summed E-state index contributed by atoms with van der Waals surface area (Å²) in [6.45, 7) is 3.92. The number of nitrogens with zero attached hydrogens (tertiary/aromatic N) is 1. The average Bonchev–Trinajstić information content (AvgIpc) is 2.67. The van der Waals surface area contributed by atoms with Crippen molar-refractivity contribution in [1.82, 2.24) is 4.90 Å². The highest BCUT2D eigenvalue weighted by Crippen LogP contribution is 2.36. The van der Waals surface area contributed by atoms with Gasteiger partial charge >= 0.3 is 5.97 Å². The third-order valence-corrected chi connectivity index (χ3v) is 5.08. The van der Waals surface area contributed by atoms with Gasteiger partial charge in [-0.25, -0.2) is 0 Å². The Kier molecular flexibility index (Phi) is 4.66. The van der Waals surface area contributed by atoms with Crippen LogP contribution in [0.25, 0.3) is 0 Å². The summed E-state index contributed by atoms with van der Waals surface area (Å²) in [5.41, 5.74) is -0.468. The van der Waals surface area contributed by atoms with Crippen LogP contribution >= 0.6 is 0 Å². The van der Waals surface area contributed by atoms with E-state index < -0.39 is 11.4 Å². The van der Waals surface area contributed by atoms with Gasteiger partial charge in [0.2, 0.25) is 0 Å². The van der Waals surface area contributed by atoms with Gasteiger partial charge in [0.05, 0.1) is 5.41 Å². The van der Waals surface area contributed by atoms with Crippen molar-refractivity contribution in [3.05, 3.63) is 0 Å². The van der Waals surface area contributed by atoms with E-state index in [1.807, 2.05) is 6.92 Å². The van der Waals surface area contributed by atoms with Crippen LogP contribution in [0.3, 0.4) is 0 Å². The van der Waals surface area contributed by atoms with Gasteiger partial charge in [-0.05, 0) is 38.6 Å². The van der Waals surface area contributed by atoms with Crippen LogP contribution in [0.5, 0.6) is 0 Å². The van der Waals surface area contributed by atoms with Crippen molar-refractivity contribution in [3.8, 4) is 0 Å². The Balaban J connectivity index is 2.02. The molecule has 0 aromatic carbocycles. The van der Waals surface area contributed by atoms with E-state index in [-0.39, 0.29) is 0 Å². The van der Waals surface area contributed by atoms with Gasteiger partial charge < -0.3 is 5.11 Å². The molecule has 1 N–H and O–H groups in total. The van der Waals surface area contributed by atoms with Gasteiger partial charge in [0, 0.05) is 12.6 Å². The number of carbonyl (C=O) groups is 1. The number of carboxylic acids is 1. The summed E-state index contributed by atoms with van der Waals surface area (Å²) in [4.78, 5) is 14.1. The quantitative estimate of drug-likeness (QED) is 0.785. The van der Waals surface area contributed by atoms with Crippen molar-refractivity contribution >= 4 is 5.97 Å². The minimum absolute atomic E-state index is 0.468.